The van der Waals surface area contributed by atoms with Gasteiger partial charge in [-0.25, -0.2) is 4.79 Å². The van der Waals surface area contributed by atoms with Gasteiger partial charge in [0.15, 0.2) is 8.32 Å². The van der Waals surface area contributed by atoms with Crippen molar-refractivity contribution in [3.63, 3.8) is 0 Å². The molecule has 2 aliphatic heterocycles. The molecule has 2 aromatic carbocycles. The molecule has 3 amide bonds. The van der Waals surface area contributed by atoms with Crippen LogP contribution in [-0.2, 0) is 46.0 Å². The lowest BCUT2D eigenvalue weighted by molar-refractivity contribution is -0.157. The number of methoxy groups -OCH3 is 1. The van der Waals surface area contributed by atoms with E-state index in [1.54, 1.807) is 31.2 Å². The molecule has 0 spiro atoms. The highest BCUT2D eigenvalue weighted by Crippen LogP contribution is 2.45. The summed E-state index contributed by atoms with van der Waals surface area (Å²) in [5, 5.41) is 12.8. The van der Waals surface area contributed by atoms with Gasteiger partial charge in [0, 0.05) is 36.8 Å². The number of amides is 3. The minimum absolute atomic E-state index is 0.0125. The zero-order valence-electron chi connectivity index (χ0n) is 36.5. The molecular weight excluding hydrogens is 804 g/mol. The van der Waals surface area contributed by atoms with Crippen LogP contribution in [0.4, 0.5) is 0 Å². The number of benzene rings is 2. The van der Waals surface area contributed by atoms with Crippen molar-refractivity contribution in [2.75, 3.05) is 20.3 Å². The van der Waals surface area contributed by atoms with Gasteiger partial charge in [-0.15, -0.1) is 0 Å². The molecule has 0 saturated carbocycles. The Hall–Kier alpha value is -4.40. The predicted molar refractivity (Wildman–Crippen MR) is 234 cm³/mol. The summed E-state index contributed by atoms with van der Waals surface area (Å²) >= 11 is 6.44. The Labute approximate surface area is 360 Å². The lowest BCUT2D eigenvalue weighted by atomic mass is 9.86. The molecule has 0 bridgehead atoms. The number of ether oxygens (including phenoxy) is 3. The summed E-state index contributed by atoms with van der Waals surface area (Å²) in [6, 6.07) is 13.2. The lowest BCUT2D eigenvalue weighted by Crippen LogP contribution is -2.57. The van der Waals surface area contributed by atoms with E-state index < -0.39 is 55.6 Å². The Balaban J connectivity index is 1.71. The number of rotatable bonds is 15. The predicted octanol–water partition coefficient (Wildman–Crippen LogP) is 7.90. The van der Waals surface area contributed by atoms with Crippen LogP contribution in [0.25, 0.3) is 10.4 Å². The molecule has 1 unspecified atom stereocenters. The van der Waals surface area contributed by atoms with Crippen LogP contribution < -0.4 is 20.7 Å². The molecule has 0 radical (unpaired) electrons. The van der Waals surface area contributed by atoms with E-state index in [0.717, 1.165) is 29.3 Å². The summed E-state index contributed by atoms with van der Waals surface area (Å²) in [6.07, 6.45) is 2.18. The van der Waals surface area contributed by atoms with Crippen molar-refractivity contribution in [3.8, 4) is 5.75 Å². The number of esters is 1. The molecule has 60 heavy (non-hydrogen) atoms. The minimum atomic E-state index is -2.21. The number of cyclic esters (lactones) is 1. The molecule has 328 valence electrons. The van der Waals surface area contributed by atoms with Gasteiger partial charge in [0.05, 0.1) is 30.2 Å². The number of nitrogens with one attached hydrogen (secondary N) is 3. The van der Waals surface area contributed by atoms with Crippen LogP contribution in [0.1, 0.15) is 91.0 Å². The average Bonchev–Trinajstić information content (AvgIpc) is 4.02. The van der Waals surface area contributed by atoms with Crippen molar-refractivity contribution in [1.82, 2.24) is 16.0 Å². The first-order valence-electron chi connectivity index (χ1n) is 20.9. The molecule has 4 rings (SSSR count). The SMILES string of the molecule is CC[Si](CC)(CC)OCC1(C)CNC(=O)[C@@H](Cc2ccc(OC)c(Cl)c2)NC(=O)/C=C/C[C@@H]([C@H](C)[C@H]2O[C@@H]2c2ccc(CN=[N+]=[N-])cc2)OC(=O)[C@H](CC(C)(C)C)NC1=O. The number of hydrogen-bond donors (Lipinski definition) is 3. The number of epoxide rings is 1. The topological polar surface area (TPSA) is 193 Å². The first kappa shape index (κ1) is 48.3. The lowest BCUT2D eigenvalue weighted by Gasteiger charge is -2.37. The molecule has 1 fully saturated rings. The van der Waals surface area contributed by atoms with E-state index in [1.165, 1.54) is 13.2 Å². The molecule has 16 heteroatoms. The molecular formula is C44H63ClN6O8Si. The van der Waals surface area contributed by atoms with Crippen molar-refractivity contribution in [1.29, 1.82) is 0 Å². The second-order valence-corrected chi connectivity index (χ2v) is 22.6. The van der Waals surface area contributed by atoms with Crippen LogP contribution in [0.2, 0.25) is 23.2 Å². The molecule has 2 aliphatic rings. The minimum Gasteiger partial charge on any atom is -0.495 e. The van der Waals surface area contributed by atoms with Crippen molar-refractivity contribution in [2.24, 2.45) is 21.9 Å². The maximum Gasteiger partial charge on any atom is 0.328 e. The van der Waals surface area contributed by atoms with Gasteiger partial charge in [-0.1, -0.05) is 102 Å². The van der Waals surface area contributed by atoms with Crippen LogP contribution in [-0.4, -0.2) is 76.6 Å². The monoisotopic (exact) mass is 866 g/mol. The molecule has 2 aromatic rings. The van der Waals surface area contributed by atoms with Crippen molar-refractivity contribution in [3.05, 3.63) is 86.8 Å². The Morgan fingerprint density at radius 3 is 2.28 bits per heavy atom. The van der Waals surface area contributed by atoms with E-state index >= 15 is 0 Å². The fourth-order valence-electron chi connectivity index (χ4n) is 7.45. The Morgan fingerprint density at radius 2 is 1.68 bits per heavy atom. The Kier molecular flexibility index (Phi) is 17.2. The summed E-state index contributed by atoms with van der Waals surface area (Å²) in [7, 11) is -0.703. The summed E-state index contributed by atoms with van der Waals surface area (Å²) in [5.74, 6) is -1.95. The van der Waals surface area contributed by atoms with Crippen molar-refractivity contribution < 1.29 is 37.8 Å². The normalized spacial score (nSPS) is 25.5. The summed E-state index contributed by atoms with van der Waals surface area (Å²) in [6.45, 7) is 16.0. The standard InChI is InChI=1S/C44H63ClN6O8Si/c1-10-60(11-2,12-3)57-27-44(8)26-47-40(53)33(23-30-18-21-36(56-9)32(45)22-30)49-37(52)15-13-14-35(58-41(54)34(50-42(44)55)24-43(5,6)7)28(4)38-39(59-38)31-19-16-29(17-20-31)25-48-51-46/h13,15-22,28,33-35,38-39H,10-12,14,23-27H2,1-9H3,(H,47,53)(H,49,52)(H,50,55)/b15-13+/t28-,33+,34-,35-,38+,39+,44?/m0/s1. The van der Waals surface area contributed by atoms with Crippen LogP contribution >= 0.6 is 11.6 Å². The highest BCUT2D eigenvalue weighted by Gasteiger charge is 2.48. The number of nitrogens with zero attached hydrogens (tertiary/aromatic N) is 3. The van der Waals surface area contributed by atoms with Crippen molar-refractivity contribution >= 4 is 43.6 Å². The third kappa shape index (κ3) is 13.3. The van der Waals surface area contributed by atoms with Crippen LogP contribution in [0, 0.1) is 16.7 Å². The second kappa shape index (κ2) is 21.4. The van der Waals surface area contributed by atoms with E-state index in [1.807, 2.05) is 52.0 Å². The van der Waals surface area contributed by atoms with Gasteiger partial charge in [-0.2, -0.15) is 0 Å². The Bertz CT molecular complexity index is 1890. The van der Waals surface area contributed by atoms with E-state index in [9.17, 15) is 19.2 Å². The number of azide groups is 1. The molecule has 3 N–H and O–H groups in total. The quantitative estimate of drug-likeness (QED) is 0.0402. The first-order valence-corrected chi connectivity index (χ1v) is 23.8. The maximum atomic E-state index is 14.6. The third-order valence-corrected chi connectivity index (χ3v) is 16.6. The van der Waals surface area contributed by atoms with Gasteiger partial charge >= 0.3 is 5.97 Å². The first-order chi connectivity index (χ1) is 28.4. The van der Waals surface area contributed by atoms with Crippen molar-refractivity contribution in [2.45, 2.75) is 130 Å². The maximum absolute atomic E-state index is 14.6. The largest absolute Gasteiger partial charge is 0.495 e. The van der Waals surface area contributed by atoms with E-state index in [-0.39, 0.29) is 62.5 Å². The highest BCUT2D eigenvalue weighted by molar-refractivity contribution is 6.73. The summed E-state index contributed by atoms with van der Waals surface area (Å²) in [4.78, 5) is 59.4. The van der Waals surface area contributed by atoms with Gasteiger partial charge in [0.1, 0.15) is 30.0 Å². The van der Waals surface area contributed by atoms with Gasteiger partial charge in [0.25, 0.3) is 0 Å². The molecule has 1 saturated heterocycles. The summed E-state index contributed by atoms with van der Waals surface area (Å²) in [5.41, 5.74) is 9.47. The van der Waals surface area contributed by atoms with Gasteiger partial charge in [-0.05, 0) is 77.3 Å². The van der Waals surface area contributed by atoms with Crippen LogP contribution in [0.15, 0.2) is 59.7 Å². The second-order valence-electron chi connectivity index (χ2n) is 17.5. The smallest absolute Gasteiger partial charge is 0.328 e. The zero-order valence-corrected chi connectivity index (χ0v) is 38.3. The number of hydrogen-bond acceptors (Lipinski definition) is 9. The molecule has 2 heterocycles. The van der Waals surface area contributed by atoms with Crippen LogP contribution in [0.3, 0.4) is 0 Å². The highest BCUT2D eigenvalue weighted by atomic mass is 35.5. The molecule has 0 aliphatic carbocycles. The molecule has 14 nitrogen and oxygen atoms in total. The number of carbonyl (C=O) groups is 4. The fraction of sp³-hybridized carbons (Fsp3) is 0.591. The van der Waals surface area contributed by atoms with E-state index in [2.05, 4.69) is 46.7 Å². The fourth-order valence-corrected chi connectivity index (χ4v) is 10.5. The van der Waals surface area contributed by atoms with E-state index in [4.69, 9.17) is 35.8 Å². The van der Waals surface area contributed by atoms with Crippen LogP contribution in [0.5, 0.6) is 5.75 Å². The third-order valence-electron chi connectivity index (χ3n) is 11.7. The zero-order chi connectivity index (χ0) is 44.3. The number of carbonyl (C=O) groups excluding carboxylic acids is 4. The molecule has 0 aromatic heterocycles. The van der Waals surface area contributed by atoms with Gasteiger partial charge < -0.3 is 34.6 Å². The summed E-state index contributed by atoms with van der Waals surface area (Å²) < 4.78 is 24.5. The Morgan fingerprint density at radius 1 is 1.02 bits per heavy atom. The van der Waals surface area contributed by atoms with Gasteiger partial charge in [0.2, 0.25) is 17.7 Å². The van der Waals surface area contributed by atoms with E-state index in [0.29, 0.717) is 16.3 Å². The van der Waals surface area contributed by atoms with Gasteiger partial charge in [-0.3, -0.25) is 14.4 Å². The average molecular weight is 868 g/mol. The number of halogens is 1. The molecule has 7 atom stereocenters.